The molecule has 0 radical (unpaired) electrons. The second-order valence-corrected chi connectivity index (χ2v) is 7.30. The molecule has 0 saturated heterocycles. The smallest absolute Gasteiger partial charge is 0.267 e. The molecule has 156 valence electrons. The molecule has 3 aromatic rings. The van der Waals surface area contributed by atoms with Crippen LogP contribution in [-0.4, -0.2) is 28.8 Å². The summed E-state index contributed by atoms with van der Waals surface area (Å²) in [5.74, 6) is -0.288. The third-order valence-electron chi connectivity index (χ3n) is 5.12. The van der Waals surface area contributed by atoms with Gasteiger partial charge in [0.2, 0.25) is 5.91 Å². The Kier molecular flexibility index (Phi) is 6.67. The number of nitrogens with zero attached hydrogens (tertiary/aromatic N) is 3. The summed E-state index contributed by atoms with van der Waals surface area (Å²) in [6.45, 7) is 9.91. The Labute approximate surface area is 177 Å². The number of hydrogen-bond acceptors (Lipinski definition) is 4. The first kappa shape index (κ1) is 21.3. The maximum Gasteiger partial charge on any atom is 0.267 e. The van der Waals surface area contributed by atoms with Crippen molar-refractivity contribution < 1.29 is 4.79 Å². The fourth-order valence-electron chi connectivity index (χ4n) is 3.34. The number of anilines is 2. The average molecular weight is 405 g/mol. The summed E-state index contributed by atoms with van der Waals surface area (Å²) in [5, 5.41) is 7.27. The van der Waals surface area contributed by atoms with Gasteiger partial charge in [0.25, 0.3) is 5.56 Å². The predicted molar refractivity (Wildman–Crippen MR) is 122 cm³/mol. The van der Waals surface area contributed by atoms with Gasteiger partial charge in [-0.05, 0) is 57.5 Å². The van der Waals surface area contributed by atoms with Gasteiger partial charge < -0.3 is 10.2 Å². The molecule has 3 rings (SSSR count). The summed E-state index contributed by atoms with van der Waals surface area (Å²) in [7, 11) is 0. The monoisotopic (exact) mass is 404 g/mol. The number of benzene rings is 2. The number of aryl methyl sites for hydroxylation is 2. The number of nitrogens with one attached hydrogen (secondary N) is 1. The summed E-state index contributed by atoms with van der Waals surface area (Å²) < 4.78 is 1.20. The van der Waals surface area contributed by atoms with E-state index in [1.54, 1.807) is 6.07 Å². The molecule has 1 heterocycles. The first-order valence-electron chi connectivity index (χ1n) is 10.2. The SMILES string of the molecule is CCN(CC)c1ccc(NC(=O)Cn2nc(-c3ccc(C)cc3)ccc2=O)c(C)c1. The van der Waals surface area contributed by atoms with Gasteiger partial charge in [0.05, 0.1) is 5.69 Å². The highest BCUT2D eigenvalue weighted by Crippen LogP contribution is 2.22. The van der Waals surface area contributed by atoms with E-state index in [1.165, 1.54) is 10.7 Å². The lowest BCUT2D eigenvalue weighted by Crippen LogP contribution is -2.29. The summed E-state index contributed by atoms with van der Waals surface area (Å²) in [6.07, 6.45) is 0. The molecule has 0 aliphatic carbocycles. The number of carbonyl (C=O) groups excluding carboxylic acids is 1. The van der Waals surface area contributed by atoms with Gasteiger partial charge in [-0.1, -0.05) is 29.8 Å². The second-order valence-electron chi connectivity index (χ2n) is 7.30. The minimum absolute atomic E-state index is 0.143. The first-order valence-corrected chi connectivity index (χ1v) is 10.2. The van der Waals surface area contributed by atoms with Crippen LogP contribution in [0, 0.1) is 13.8 Å². The van der Waals surface area contributed by atoms with Crippen LogP contribution in [0.25, 0.3) is 11.3 Å². The predicted octanol–water partition coefficient (Wildman–Crippen LogP) is 4.01. The van der Waals surface area contributed by atoms with Crippen LogP contribution in [0.1, 0.15) is 25.0 Å². The van der Waals surface area contributed by atoms with E-state index in [-0.39, 0.29) is 18.0 Å². The van der Waals surface area contributed by atoms with E-state index in [2.05, 4.69) is 35.2 Å². The Morgan fingerprint density at radius 2 is 1.70 bits per heavy atom. The molecule has 1 N–H and O–H groups in total. The second kappa shape index (κ2) is 9.39. The van der Waals surface area contributed by atoms with Crippen molar-refractivity contribution >= 4 is 17.3 Å². The van der Waals surface area contributed by atoms with Crippen molar-refractivity contribution in [2.24, 2.45) is 0 Å². The molecule has 0 spiro atoms. The van der Waals surface area contributed by atoms with Gasteiger partial charge in [0, 0.05) is 36.1 Å². The summed E-state index contributed by atoms with van der Waals surface area (Å²) in [5.41, 5.74) is 5.22. The van der Waals surface area contributed by atoms with E-state index < -0.39 is 0 Å². The molecule has 6 nitrogen and oxygen atoms in total. The highest BCUT2D eigenvalue weighted by Gasteiger charge is 2.11. The minimum Gasteiger partial charge on any atom is -0.372 e. The molecular formula is C24H28N4O2. The zero-order valence-electron chi connectivity index (χ0n) is 18.0. The van der Waals surface area contributed by atoms with Crippen LogP contribution in [0.2, 0.25) is 0 Å². The Hall–Kier alpha value is -3.41. The molecule has 0 bridgehead atoms. The third-order valence-corrected chi connectivity index (χ3v) is 5.12. The molecule has 2 aromatic carbocycles. The molecule has 1 aromatic heterocycles. The maximum atomic E-state index is 12.6. The highest BCUT2D eigenvalue weighted by atomic mass is 16.2. The van der Waals surface area contributed by atoms with Crippen molar-refractivity contribution in [2.75, 3.05) is 23.3 Å². The van der Waals surface area contributed by atoms with Gasteiger partial charge in [-0.25, -0.2) is 4.68 Å². The highest BCUT2D eigenvalue weighted by molar-refractivity contribution is 5.91. The van der Waals surface area contributed by atoms with E-state index in [0.717, 1.165) is 41.2 Å². The van der Waals surface area contributed by atoms with Crippen LogP contribution in [0.4, 0.5) is 11.4 Å². The van der Waals surface area contributed by atoms with Crippen molar-refractivity contribution in [2.45, 2.75) is 34.2 Å². The zero-order chi connectivity index (χ0) is 21.7. The van der Waals surface area contributed by atoms with E-state index in [1.807, 2.05) is 50.2 Å². The van der Waals surface area contributed by atoms with Crippen molar-refractivity contribution in [1.82, 2.24) is 9.78 Å². The molecule has 0 aliphatic rings. The number of carbonyl (C=O) groups is 1. The summed E-state index contributed by atoms with van der Waals surface area (Å²) in [4.78, 5) is 27.0. The summed E-state index contributed by atoms with van der Waals surface area (Å²) in [6, 6.07) is 17.0. The van der Waals surface area contributed by atoms with Gasteiger partial charge in [0.15, 0.2) is 0 Å². The van der Waals surface area contributed by atoms with Crippen molar-refractivity contribution in [1.29, 1.82) is 0 Å². The fraction of sp³-hybridized carbons (Fsp3) is 0.292. The lowest BCUT2D eigenvalue weighted by atomic mass is 10.1. The molecule has 30 heavy (non-hydrogen) atoms. The lowest BCUT2D eigenvalue weighted by molar-refractivity contribution is -0.117. The number of amides is 1. The van der Waals surface area contributed by atoms with Crippen molar-refractivity contribution in [3.05, 3.63) is 76.1 Å². The average Bonchev–Trinajstić information content (AvgIpc) is 2.73. The van der Waals surface area contributed by atoms with Crippen LogP contribution < -0.4 is 15.8 Å². The molecule has 1 amide bonds. The number of hydrogen-bond donors (Lipinski definition) is 1. The third kappa shape index (κ3) is 4.95. The van der Waals surface area contributed by atoms with Gasteiger partial charge >= 0.3 is 0 Å². The van der Waals surface area contributed by atoms with E-state index in [9.17, 15) is 9.59 Å². The quantitative estimate of drug-likeness (QED) is 0.646. The van der Waals surface area contributed by atoms with Gasteiger partial charge in [-0.15, -0.1) is 0 Å². The van der Waals surface area contributed by atoms with Crippen molar-refractivity contribution in [3.63, 3.8) is 0 Å². The van der Waals surface area contributed by atoms with E-state index in [4.69, 9.17) is 0 Å². The van der Waals surface area contributed by atoms with Crippen LogP contribution in [-0.2, 0) is 11.3 Å². The largest absolute Gasteiger partial charge is 0.372 e. The van der Waals surface area contributed by atoms with Crippen LogP contribution >= 0.6 is 0 Å². The maximum absolute atomic E-state index is 12.6. The first-order chi connectivity index (χ1) is 14.4. The zero-order valence-corrected chi connectivity index (χ0v) is 18.0. The van der Waals surface area contributed by atoms with Gasteiger partial charge in [-0.2, -0.15) is 5.10 Å². The standard InChI is InChI=1S/C24H28N4O2/c1-5-27(6-2)20-11-12-21(18(4)15-20)25-23(29)16-28-24(30)14-13-22(26-28)19-9-7-17(3)8-10-19/h7-15H,5-6,16H2,1-4H3,(H,25,29). The van der Waals surface area contributed by atoms with Crippen LogP contribution in [0.5, 0.6) is 0 Å². The summed E-state index contributed by atoms with van der Waals surface area (Å²) >= 11 is 0. The Morgan fingerprint density at radius 1 is 1.00 bits per heavy atom. The van der Waals surface area contributed by atoms with Gasteiger partial charge in [0.1, 0.15) is 6.54 Å². The van der Waals surface area contributed by atoms with Gasteiger partial charge in [-0.3, -0.25) is 9.59 Å². The number of rotatable bonds is 7. The lowest BCUT2D eigenvalue weighted by Gasteiger charge is -2.22. The topological polar surface area (TPSA) is 67.2 Å². The molecule has 6 heteroatoms. The Balaban J connectivity index is 1.75. The number of aromatic nitrogens is 2. The molecule has 0 aliphatic heterocycles. The Morgan fingerprint density at radius 3 is 2.33 bits per heavy atom. The normalized spacial score (nSPS) is 10.7. The fourth-order valence-corrected chi connectivity index (χ4v) is 3.34. The molecule has 0 fully saturated rings. The molecule has 0 saturated carbocycles. The minimum atomic E-state index is -0.311. The Bertz CT molecular complexity index is 1080. The van der Waals surface area contributed by atoms with E-state index >= 15 is 0 Å². The molecule has 0 atom stereocenters. The van der Waals surface area contributed by atoms with Crippen LogP contribution in [0.3, 0.4) is 0 Å². The molecule has 0 unspecified atom stereocenters. The van der Waals surface area contributed by atoms with Crippen LogP contribution in [0.15, 0.2) is 59.4 Å². The van der Waals surface area contributed by atoms with E-state index in [0.29, 0.717) is 5.69 Å². The van der Waals surface area contributed by atoms with Crippen molar-refractivity contribution in [3.8, 4) is 11.3 Å². The molecular weight excluding hydrogens is 376 g/mol.